The van der Waals surface area contributed by atoms with E-state index >= 15 is 0 Å². The molecule has 1 amide bonds. The zero-order valence-electron chi connectivity index (χ0n) is 19.9. The van der Waals surface area contributed by atoms with E-state index in [1.807, 2.05) is 18.2 Å². The van der Waals surface area contributed by atoms with Crippen LogP contribution < -0.4 is 10.2 Å². The molecule has 1 saturated heterocycles. The third-order valence-electron chi connectivity index (χ3n) is 5.95. The lowest BCUT2D eigenvalue weighted by Crippen LogP contribution is -2.45. The van der Waals surface area contributed by atoms with Crippen LogP contribution in [0.5, 0.6) is 5.75 Å². The number of aromatic amines is 1. The van der Waals surface area contributed by atoms with Crippen LogP contribution in [0, 0.1) is 5.92 Å². The predicted molar refractivity (Wildman–Crippen MR) is 136 cm³/mol. The monoisotopic (exact) mass is 498 g/mol. The molecule has 1 aliphatic carbocycles. The molecule has 1 saturated carbocycles. The van der Waals surface area contributed by atoms with E-state index in [2.05, 4.69) is 44.7 Å². The van der Waals surface area contributed by atoms with E-state index in [0.29, 0.717) is 17.3 Å². The van der Waals surface area contributed by atoms with Gasteiger partial charge in [0.25, 0.3) is 0 Å². The number of rotatable bonds is 6. The maximum atomic E-state index is 12.3. The number of nitrogens with one attached hydrogen (secondary N) is 2. The minimum Gasteiger partial charge on any atom is -0.508 e. The van der Waals surface area contributed by atoms with Crippen molar-refractivity contribution in [2.45, 2.75) is 51.7 Å². The van der Waals surface area contributed by atoms with Crippen molar-refractivity contribution >= 4 is 28.9 Å². The van der Waals surface area contributed by atoms with Gasteiger partial charge in [-0.05, 0) is 73.9 Å². The second-order valence-electron chi connectivity index (χ2n) is 9.13. The van der Waals surface area contributed by atoms with Crippen LogP contribution in [-0.2, 0) is 9.53 Å². The molecule has 10 heteroatoms. The van der Waals surface area contributed by atoms with Crippen LogP contribution >= 0.6 is 11.6 Å². The number of carbonyl (C=O) groups is 1. The SMILES string of the molecule is CC1CN(c2ccc(NC(=O)CCC3CC3)c(-c3nn[nH]n3)c2)C[C@H](C)O1.Oc1ccc(Cl)cc1. The molecule has 2 atom stereocenters. The molecule has 9 nitrogen and oxygen atoms in total. The summed E-state index contributed by atoms with van der Waals surface area (Å²) in [6, 6.07) is 12.3. The van der Waals surface area contributed by atoms with Gasteiger partial charge in [-0.25, -0.2) is 0 Å². The zero-order chi connectivity index (χ0) is 24.8. The van der Waals surface area contributed by atoms with Crippen molar-refractivity contribution in [2.24, 2.45) is 5.92 Å². The van der Waals surface area contributed by atoms with E-state index in [1.165, 1.54) is 12.8 Å². The first-order valence-corrected chi connectivity index (χ1v) is 12.3. The molecule has 2 fully saturated rings. The van der Waals surface area contributed by atoms with E-state index in [9.17, 15) is 4.79 Å². The number of ether oxygens (including phenoxy) is 1. The highest BCUT2D eigenvalue weighted by Gasteiger charge is 2.25. The maximum absolute atomic E-state index is 12.3. The van der Waals surface area contributed by atoms with Crippen LogP contribution in [0.1, 0.15) is 39.5 Å². The molecule has 3 N–H and O–H groups in total. The van der Waals surface area contributed by atoms with Crippen molar-refractivity contribution < 1.29 is 14.6 Å². The van der Waals surface area contributed by atoms with Gasteiger partial charge < -0.3 is 20.1 Å². The fourth-order valence-electron chi connectivity index (χ4n) is 4.08. The Bertz CT molecular complexity index is 1070. The van der Waals surface area contributed by atoms with Crippen molar-refractivity contribution in [3.8, 4) is 17.1 Å². The van der Waals surface area contributed by atoms with Gasteiger partial charge in [0.1, 0.15) is 5.75 Å². The smallest absolute Gasteiger partial charge is 0.224 e. The largest absolute Gasteiger partial charge is 0.508 e. The van der Waals surface area contributed by atoms with E-state index in [1.54, 1.807) is 24.3 Å². The number of phenolic OH excluding ortho intramolecular Hbond substituents is 1. The van der Waals surface area contributed by atoms with Gasteiger partial charge in [0.15, 0.2) is 0 Å². The van der Waals surface area contributed by atoms with Crippen molar-refractivity contribution in [2.75, 3.05) is 23.3 Å². The van der Waals surface area contributed by atoms with Crippen LogP contribution in [0.15, 0.2) is 42.5 Å². The van der Waals surface area contributed by atoms with E-state index in [4.69, 9.17) is 21.4 Å². The summed E-state index contributed by atoms with van der Waals surface area (Å²) >= 11 is 5.50. The third kappa shape index (κ3) is 7.40. The molecule has 2 aliphatic rings. The Hall–Kier alpha value is -3.17. The van der Waals surface area contributed by atoms with Gasteiger partial charge in [-0.1, -0.05) is 24.4 Å². The standard InChI is InChI=1S/C19H26N6O2.C6H5ClO/c1-12-10-25(11-13(2)27-12)15-6-7-17(16(9-15)19-21-23-24-22-19)20-18(26)8-5-14-3-4-14;7-5-1-3-6(8)4-2-5/h6-7,9,12-14H,3-5,8,10-11H2,1-2H3,(H,20,26)(H,21,22,23,24);1-4,8H/t12-,13?;/m0./s1. The van der Waals surface area contributed by atoms with Gasteiger partial charge in [-0.15, -0.1) is 10.2 Å². The highest BCUT2D eigenvalue weighted by Crippen LogP contribution is 2.34. The molecule has 1 aliphatic heterocycles. The van der Waals surface area contributed by atoms with Crippen LogP contribution in [0.4, 0.5) is 11.4 Å². The Morgan fingerprint density at radius 1 is 1.17 bits per heavy atom. The molecular formula is C25H31ClN6O3. The number of benzene rings is 2. The molecule has 0 bridgehead atoms. The first-order valence-electron chi connectivity index (χ1n) is 11.9. The second kappa shape index (κ2) is 11.5. The summed E-state index contributed by atoms with van der Waals surface area (Å²) in [7, 11) is 0. The fraction of sp³-hybridized carbons (Fsp3) is 0.440. The van der Waals surface area contributed by atoms with Crippen molar-refractivity contribution in [1.29, 1.82) is 0 Å². The summed E-state index contributed by atoms with van der Waals surface area (Å²) in [5, 5.41) is 26.8. The minimum atomic E-state index is 0.0352. The number of H-pyrrole nitrogens is 1. The molecule has 0 spiro atoms. The molecular weight excluding hydrogens is 468 g/mol. The average molecular weight is 499 g/mol. The normalized spacial score (nSPS) is 19.6. The fourth-order valence-corrected chi connectivity index (χ4v) is 4.21. The molecule has 186 valence electrons. The zero-order valence-corrected chi connectivity index (χ0v) is 20.7. The summed E-state index contributed by atoms with van der Waals surface area (Å²) in [6.45, 7) is 5.81. The van der Waals surface area contributed by atoms with E-state index < -0.39 is 0 Å². The Morgan fingerprint density at radius 2 is 1.89 bits per heavy atom. The number of morpholine rings is 1. The van der Waals surface area contributed by atoms with Crippen LogP contribution in [0.3, 0.4) is 0 Å². The predicted octanol–water partition coefficient (Wildman–Crippen LogP) is 4.65. The number of halogens is 1. The summed E-state index contributed by atoms with van der Waals surface area (Å²) in [4.78, 5) is 14.6. The maximum Gasteiger partial charge on any atom is 0.224 e. The van der Waals surface area contributed by atoms with Gasteiger partial charge >= 0.3 is 0 Å². The van der Waals surface area contributed by atoms with E-state index in [-0.39, 0.29) is 23.9 Å². The minimum absolute atomic E-state index is 0.0352. The van der Waals surface area contributed by atoms with Gasteiger partial charge in [0.2, 0.25) is 11.7 Å². The lowest BCUT2D eigenvalue weighted by atomic mass is 10.1. The average Bonchev–Trinajstić information content (AvgIpc) is 3.51. The highest BCUT2D eigenvalue weighted by molar-refractivity contribution is 6.30. The number of carbonyl (C=O) groups excluding carboxylic acids is 1. The Morgan fingerprint density at radius 3 is 2.49 bits per heavy atom. The number of nitrogens with zero attached hydrogens (tertiary/aromatic N) is 4. The van der Waals surface area contributed by atoms with Gasteiger partial charge in [0.05, 0.1) is 17.9 Å². The quantitative estimate of drug-likeness (QED) is 0.452. The summed E-state index contributed by atoms with van der Waals surface area (Å²) in [5.41, 5.74) is 2.55. The van der Waals surface area contributed by atoms with Crippen LogP contribution in [0.25, 0.3) is 11.4 Å². The number of amides is 1. The number of phenols is 1. The Balaban J connectivity index is 0.000000308. The number of hydrogen-bond donors (Lipinski definition) is 3. The number of aromatic nitrogens is 4. The Labute approximate surface area is 209 Å². The summed E-state index contributed by atoms with van der Waals surface area (Å²) in [5.74, 6) is 1.49. The van der Waals surface area contributed by atoms with Gasteiger partial charge in [0, 0.05) is 35.8 Å². The lowest BCUT2D eigenvalue weighted by molar-refractivity contribution is -0.116. The molecule has 35 heavy (non-hydrogen) atoms. The van der Waals surface area contributed by atoms with Gasteiger partial charge in [-0.3, -0.25) is 4.79 Å². The molecule has 2 heterocycles. The molecule has 0 radical (unpaired) electrons. The molecule has 2 aromatic carbocycles. The number of aromatic hydroxyl groups is 1. The van der Waals surface area contributed by atoms with Crippen molar-refractivity contribution in [3.05, 3.63) is 47.5 Å². The Kier molecular flexibility index (Phi) is 8.20. The first-order chi connectivity index (χ1) is 16.9. The lowest BCUT2D eigenvalue weighted by Gasteiger charge is -2.37. The summed E-state index contributed by atoms with van der Waals surface area (Å²) in [6.07, 6.45) is 4.37. The van der Waals surface area contributed by atoms with Crippen LogP contribution in [-0.4, -0.2) is 56.9 Å². The van der Waals surface area contributed by atoms with Crippen molar-refractivity contribution in [3.63, 3.8) is 0 Å². The molecule has 5 rings (SSSR count). The highest BCUT2D eigenvalue weighted by atomic mass is 35.5. The van der Waals surface area contributed by atoms with Crippen LogP contribution in [0.2, 0.25) is 5.02 Å². The second-order valence-corrected chi connectivity index (χ2v) is 9.57. The van der Waals surface area contributed by atoms with E-state index in [0.717, 1.165) is 42.4 Å². The van der Waals surface area contributed by atoms with Gasteiger partial charge in [-0.2, -0.15) is 5.21 Å². The number of anilines is 2. The molecule has 3 aromatic rings. The third-order valence-corrected chi connectivity index (χ3v) is 6.20. The molecule has 1 unspecified atom stereocenters. The number of hydrogen-bond acceptors (Lipinski definition) is 7. The number of tetrazole rings is 1. The molecule has 1 aromatic heterocycles. The topological polar surface area (TPSA) is 116 Å². The summed E-state index contributed by atoms with van der Waals surface area (Å²) < 4.78 is 5.83. The van der Waals surface area contributed by atoms with Crippen molar-refractivity contribution in [1.82, 2.24) is 20.6 Å². The first kappa shape index (κ1) is 24.9.